The lowest BCUT2D eigenvalue weighted by Gasteiger charge is -2.29. The van der Waals surface area contributed by atoms with E-state index in [4.69, 9.17) is 4.43 Å². The highest BCUT2D eigenvalue weighted by Crippen LogP contribution is 2.21. The van der Waals surface area contributed by atoms with E-state index < -0.39 is 16.4 Å². The monoisotopic (exact) mass is 278 g/mol. The molecule has 0 saturated heterocycles. The van der Waals surface area contributed by atoms with Gasteiger partial charge in [-0.3, -0.25) is 0 Å². The summed E-state index contributed by atoms with van der Waals surface area (Å²) in [4.78, 5) is 0. The van der Waals surface area contributed by atoms with Crippen LogP contribution < -0.4 is 0 Å². The summed E-state index contributed by atoms with van der Waals surface area (Å²) in [6.07, 6.45) is 3.28. The van der Waals surface area contributed by atoms with Gasteiger partial charge in [0.1, 0.15) is 8.07 Å². The third-order valence-corrected chi connectivity index (χ3v) is 5.34. The SMILES string of the molecule is C[Si](C)(C)OC(=CCc1ccccc1)[Si](C)(C)C. The van der Waals surface area contributed by atoms with Crippen molar-refractivity contribution in [3.05, 3.63) is 47.4 Å². The molecule has 0 atom stereocenters. The minimum absolute atomic E-state index is 0.977. The maximum absolute atomic E-state index is 6.29. The lowest BCUT2D eigenvalue weighted by molar-refractivity contribution is 0.450. The van der Waals surface area contributed by atoms with Crippen molar-refractivity contribution >= 4 is 16.4 Å². The van der Waals surface area contributed by atoms with E-state index in [0.29, 0.717) is 0 Å². The fraction of sp³-hybridized carbons (Fsp3) is 0.467. The first-order valence-electron chi connectivity index (χ1n) is 6.62. The van der Waals surface area contributed by atoms with E-state index in [-0.39, 0.29) is 0 Å². The Kier molecular flexibility index (Phi) is 4.99. The summed E-state index contributed by atoms with van der Waals surface area (Å²) in [6, 6.07) is 10.6. The molecule has 0 saturated carbocycles. The van der Waals surface area contributed by atoms with Crippen LogP contribution in [-0.2, 0) is 10.8 Å². The van der Waals surface area contributed by atoms with Crippen molar-refractivity contribution < 1.29 is 4.43 Å². The molecule has 0 unspecified atom stereocenters. The first-order chi connectivity index (χ1) is 8.18. The van der Waals surface area contributed by atoms with Gasteiger partial charge in [-0.15, -0.1) is 0 Å². The third kappa shape index (κ3) is 5.69. The Morgan fingerprint density at radius 3 is 2.00 bits per heavy atom. The lowest BCUT2D eigenvalue weighted by Crippen LogP contribution is -2.34. The molecule has 0 heterocycles. The molecule has 1 aromatic carbocycles. The van der Waals surface area contributed by atoms with Gasteiger partial charge >= 0.3 is 0 Å². The lowest BCUT2D eigenvalue weighted by atomic mass is 10.2. The Balaban J connectivity index is 2.84. The van der Waals surface area contributed by atoms with E-state index in [1.54, 1.807) is 0 Å². The Hall–Kier alpha value is -0.806. The number of allylic oxidation sites excluding steroid dienone is 1. The molecule has 100 valence electrons. The second-order valence-corrected chi connectivity index (χ2v) is 16.1. The molecule has 3 heteroatoms. The van der Waals surface area contributed by atoms with E-state index in [1.807, 2.05) is 0 Å². The molecule has 1 nitrogen and oxygen atoms in total. The smallest absolute Gasteiger partial charge is 0.241 e. The number of benzene rings is 1. The maximum atomic E-state index is 6.29. The molecule has 0 amide bonds. The second-order valence-electron chi connectivity index (χ2n) is 6.72. The summed E-state index contributed by atoms with van der Waals surface area (Å²) in [5.41, 5.74) is 1.35. The molecule has 0 aromatic heterocycles. The highest BCUT2D eigenvalue weighted by atomic mass is 28.4. The summed E-state index contributed by atoms with van der Waals surface area (Å²) in [5, 5.41) is 1.27. The molecule has 1 rings (SSSR count). The van der Waals surface area contributed by atoms with Gasteiger partial charge in [0.05, 0.1) is 5.38 Å². The molecule has 18 heavy (non-hydrogen) atoms. The predicted molar refractivity (Wildman–Crippen MR) is 86.0 cm³/mol. The van der Waals surface area contributed by atoms with Crippen LogP contribution in [0.5, 0.6) is 0 Å². The zero-order valence-electron chi connectivity index (χ0n) is 12.6. The van der Waals surface area contributed by atoms with Gasteiger partial charge in [-0.25, -0.2) is 0 Å². The highest BCUT2D eigenvalue weighted by molar-refractivity contribution is 6.84. The minimum atomic E-state index is -1.50. The average Bonchev–Trinajstić information content (AvgIpc) is 2.22. The maximum Gasteiger partial charge on any atom is 0.241 e. The number of hydrogen-bond acceptors (Lipinski definition) is 1. The summed E-state index contributed by atoms with van der Waals surface area (Å²) in [6.45, 7) is 13.8. The van der Waals surface area contributed by atoms with Gasteiger partial charge in [0.2, 0.25) is 8.32 Å². The molecule has 0 radical (unpaired) electrons. The van der Waals surface area contributed by atoms with Crippen LogP contribution in [0.3, 0.4) is 0 Å². The second kappa shape index (κ2) is 5.89. The van der Waals surface area contributed by atoms with Gasteiger partial charge in [0.25, 0.3) is 0 Å². The highest BCUT2D eigenvalue weighted by Gasteiger charge is 2.26. The number of rotatable bonds is 5. The predicted octanol–water partition coefficient (Wildman–Crippen LogP) is 4.84. The van der Waals surface area contributed by atoms with Crippen molar-refractivity contribution in [3.63, 3.8) is 0 Å². The molecule has 0 spiro atoms. The Morgan fingerprint density at radius 1 is 1.00 bits per heavy atom. The molecular formula is C15H26OSi2. The zero-order chi connectivity index (χ0) is 13.8. The van der Waals surface area contributed by atoms with Crippen LogP contribution in [0.15, 0.2) is 41.8 Å². The van der Waals surface area contributed by atoms with Crippen LogP contribution in [-0.4, -0.2) is 16.4 Å². The average molecular weight is 279 g/mol. The summed E-state index contributed by atoms with van der Waals surface area (Å²) < 4.78 is 6.29. The quantitative estimate of drug-likeness (QED) is 0.553. The molecular weight excluding hydrogens is 252 g/mol. The van der Waals surface area contributed by atoms with Crippen molar-refractivity contribution in [2.75, 3.05) is 0 Å². The minimum Gasteiger partial charge on any atom is -0.552 e. The van der Waals surface area contributed by atoms with E-state index in [9.17, 15) is 0 Å². The molecule has 0 bridgehead atoms. The van der Waals surface area contributed by atoms with Crippen molar-refractivity contribution in [1.82, 2.24) is 0 Å². The molecule has 0 N–H and O–H groups in total. The van der Waals surface area contributed by atoms with E-state index >= 15 is 0 Å². The van der Waals surface area contributed by atoms with Crippen LogP contribution >= 0.6 is 0 Å². The zero-order valence-corrected chi connectivity index (χ0v) is 14.6. The first-order valence-corrected chi connectivity index (χ1v) is 13.5. The largest absolute Gasteiger partial charge is 0.552 e. The molecule has 1 aromatic rings. The van der Waals surface area contributed by atoms with Gasteiger partial charge < -0.3 is 4.43 Å². The summed E-state index contributed by atoms with van der Waals surface area (Å²) in [5.74, 6) is 0. The summed E-state index contributed by atoms with van der Waals surface area (Å²) in [7, 11) is -2.88. The van der Waals surface area contributed by atoms with Gasteiger partial charge in [-0.2, -0.15) is 0 Å². The van der Waals surface area contributed by atoms with Crippen LogP contribution in [0.4, 0.5) is 0 Å². The standard InChI is InChI=1S/C15H26OSi2/c1-17(2,3)15(16-18(4,5)6)13-12-14-10-8-7-9-11-14/h7-11,13H,12H2,1-6H3. The van der Waals surface area contributed by atoms with Crippen LogP contribution in [0.2, 0.25) is 39.3 Å². The van der Waals surface area contributed by atoms with Crippen molar-refractivity contribution in [2.24, 2.45) is 0 Å². The molecule has 0 aliphatic heterocycles. The van der Waals surface area contributed by atoms with E-state index in [0.717, 1.165) is 6.42 Å². The van der Waals surface area contributed by atoms with Crippen LogP contribution in [0.25, 0.3) is 0 Å². The Labute approximate surface area is 114 Å². The normalized spacial score (nSPS) is 13.6. The van der Waals surface area contributed by atoms with Crippen LogP contribution in [0, 0.1) is 0 Å². The topological polar surface area (TPSA) is 9.23 Å². The Morgan fingerprint density at radius 2 is 1.56 bits per heavy atom. The fourth-order valence-electron chi connectivity index (χ4n) is 1.66. The van der Waals surface area contributed by atoms with Crippen molar-refractivity contribution in [3.8, 4) is 0 Å². The van der Waals surface area contributed by atoms with Gasteiger partial charge in [0.15, 0.2) is 0 Å². The molecule has 0 fully saturated rings. The fourth-order valence-corrected chi connectivity index (χ4v) is 5.26. The van der Waals surface area contributed by atoms with Crippen LogP contribution in [0.1, 0.15) is 5.56 Å². The van der Waals surface area contributed by atoms with Gasteiger partial charge in [0, 0.05) is 0 Å². The van der Waals surface area contributed by atoms with Crippen molar-refractivity contribution in [2.45, 2.75) is 45.7 Å². The van der Waals surface area contributed by atoms with Gasteiger partial charge in [-0.05, 0) is 37.7 Å². The van der Waals surface area contributed by atoms with E-state index in [2.05, 4.69) is 75.7 Å². The summed E-state index contributed by atoms with van der Waals surface area (Å²) >= 11 is 0. The molecule has 0 aliphatic carbocycles. The Bertz CT molecular complexity index is 397. The molecule has 0 aliphatic rings. The van der Waals surface area contributed by atoms with Crippen molar-refractivity contribution in [1.29, 1.82) is 0 Å². The third-order valence-electron chi connectivity index (χ3n) is 2.52. The van der Waals surface area contributed by atoms with Gasteiger partial charge in [-0.1, -0.05) is 50.0 Å². The first kappa shape index (κ1) is 15.3. The van der Waals surface area contributed by atoms with E-state index in [1.165, 1.54) is 10.9 Å². The number of hydrogen-bond donors (Lipinski definition) is 0.